The molecule has 0 aromatic rings. The summed E-state index contributed by atoms with van der Waals surface area (Å²) in [6.45, 7) is 2.88. The number of primary amides is 1. The highest BCUT2D eigenvalue weighted by Crippen LogP contribution is 2.02. The molecule has 0 spiro atoms. The molecule has 1 amide bonds. The maximum atomic E-state index is 10.3. The van der Waals surface area contributed by atoms with E-state index in [0.29, 0.717) is 19.0 Å². The van der Waals surface area contributed by atoms with Gasteiger partial charge in [-0.05, 0) is 7.05 Å². The van der Waals surface area contributed by atoms with E-state index < -0.39 is 0 Å². The third-order valence-corrected chi connectivity index (χ3v) is 1.87. The topological polar surface area (TPSA) is 58.4 Å². The van der Waals surface area contributed by atoms with Crippen LogP contribution in [0.3, 0.4) is 0 Å². The molecule has 1 aliphatic rings. The molecular formula is C7H15N3O. The predicted molar refractivity (Wildman–Crippen MR) is 43.1 cm³/mol. The molecule has 64 valence electrons. The van der Waals surface area contributed by atoms with Gasteiger partial charge in [0.15, 0.2) is 0 Å². The number of nitrogens with one attached hydrogen (secondary N) is 1. The van der Waals surface area contributed by atoms with E-state index in [1.54, 1.807) is 0 Å². The number of hydrogen-bond donors (Lipinski definition) is 2. The second kappa shape index (κ2) is 3.69. The van der Waals surface area contributed by atoms with Gasteiger partial charge in [-0.15, -0.1) is 0 Å². The number of nitrogens with two attached hydrogens (primary N) is 1. The van der Waals surface area contributed by atoms with Crippen molar-refractivity contribution in [2.45, 2.75) is 12.5 Å². The third-order valence-electron chi connectivity index (χ3n) is 1.87. The Kier molecular flexibility index (Phi) is 2.84. The molecule has 1 heterocycles. The number of likely N-dealkylation sites (tertiary alicyclic amines) is 1. The zero-order valence-electron chi connectivity index (χ0n) is 6.84. The van der Waals surface area contributed by atoms with Gasteiger partial charge >= 0.3 is 0 Å². The highest BCUT2D eigenvalue weighted by atomic mass is 16.1. The monoisotopic (exact) mass is 157 g/mol. The first-order chi connectivity index (χ1) is 5.18. The fourth-order valence-electron chi connectivity index (χ4n) is 1.23. The normalized spacial score (nSPS) is 19.7. The molecule has 3 N–H and O–H groups in total. The third kappa shape index (κ3) is 2.86. The van der Waals surface area contributed by atoms with E-state index >= 15 is 0 Å². The van der Waals surface area contributed by atoms with E-state index in [1.807, 2.05) is 0 Å². The molecule has 0 aliphatic carbocycles. The summed E-state index contributed by atoms with van der Waals surface area (Å²) in [5.74, 6) is -0.231. The van der Waals surface area contributed by atoms with Crippen LogP contribution in [0.5, 0.6) is 0 Å². The molecule has 11 heavy (non-hydrogen) atoms. The summed E-state index contributed by atoms with van der Waals surface area (Å²) in [5.41, 5.74) is 4.98. The zero-order valence-corrected chi connectivity index (χ0v) is 6.84. The molecular weight excluding hydrogens is 142 g/mol. The van der Waals surface area contributed by atoms with E-state index in [4.69, 9.17) is 5.73 Å². The zero-order chi connectivity index (χ0) is 8.27. The molecule has 4 nitrogen and oxygen atoms in total. The minimum Gasteiger partial charge on any atom is -0.370 e. The molecule has 0 aromatic carbocycles. The first-order valence-corrected chi connectivity index (χ1v) is 3.88. The van der Waals surface area contributed by atoms with Crippen molar-refractivity contribution in [2.75, 3.05) is 26.7 Å². The predicted octanol–water partition coefficient (Wildman–Crippen LogP) is -1.23. The van der Waals surface area contributed by atoms with Crippen LogP contribution < -0.4 is 11.1 Å². The van der Waals surface area contributed by atoms with Crippen molar-refractivity contribution in [2.24, 2.45) is 5.73 Å². The molecule has 4 heteroatoms. The molecule has 0 saturated carbocycles. The minimum atomic E-state index is -0.231. The van der Waals surface area contributed by atoms with Crippen LogP contribution in [-0.4, -0.2) is 43.5 Å². The highest BCUT2D eigenvalue weighted by Gasteiger charge is 2.21. The number of carbonyl (C=O) groups excluding carboxylic acids is 1. The minimum absolute atomic E-state index is 0.231. The second-order valence-corrected chi connectivity index (χ2v) is 3.09. The van der Waals surface area contributed by atoms with E-state index in [1.165, 1.54) is 0 Å². The number of amides is 1. The van der Waals surface area contributed by atoms with Crippen LogP contribution in [0.1, 0.15) is 6.42 Å². The smallest absolute Gasteiger partial charge is 0.218 e. The van der Waals surface area contributed by atoms with Gasteiger partial charge in [-0.1, -0.05) is 0 Å². The summed E-state index contributed by atoms with van der Waals surface area (Å²) in [6, 6.07) is 0.569. The van der Waals surface area contributed by atoms with Crippen molar-refractivity contribution in [3.63, 3.8) is 0 Å². The van der Waals surface area contributed by atoms with E-state index in [-0.39, 0.29) is 5.91 Å². The number of likely N-dealkylation sites (N-methyl/N-ethyl adjacent to an activating group) is 1. The molecule has 1 aliphatic heterocycles. The molecule has 0 atom stereocenters. The molecule has 0 aromatic heterocycles. The number of hydrogen-bond acceptors (Lipinski definition) is 3. The van der Waals surface area contributed by atoms with Gasteiger partial charge in [0.05, 0.1) is 0 Å². The van der Waals surface area contributed by atoms with Crippen LogP contribution in [0, 0.1) is 0 Å². The van der Waals surface area contributed by atoms with Gasteiger partial charge in [-0.25, -0.2) is 0 Å². The molecule has 0 radical (unpaired) electrons. The lowest BCUT2D eigenvalue weighted by Crippen LogP contribution is -2.56. The van der Waals surface area contributed by atoms with Crippen molar-refractivity contribution >= 4 is 5.91 Å². The van der Waals surface area contributed by atoms with Gasteiger partial charge in [0.1, 0.15) is 0 Å². The maximum Gasteiger partial charge on any atom is 0.218 e. The second-order valence-electron chi connectivity index (χ2n) is 3.09. The van der Waals surface area contributed by atoms with Crippen LogP contribution in [0.25, 0.3) is 0 Å². The fourth-order valence-corrected chi connectivity index (χ4v) is 1.23. The Hall–Kier alpha value is -0.610. The summed E-state index contributed by atoms with van der Waals surface area (Å²) in [4.78, 5) is 12.5. The van der Waals surface area contributed by atoms with E-state index in [0.717, 1.165) is 13.1 Å². The summed E-state index contributed by atoms with van der Waals surface area (Å²) >= 11 is 0. The molecule has 0 bridgehead atoms. The fraction of sp³-hybridized carbons (Fsp3) is 0.857. The lowest BCUT2D eigenvalue weighted by atomic mass is 10.1. The summed E-state index contributed by atoms with van der Waals surface area (Å²) in [5, 5.41) is 3.24. The largest absolute Gasteiger partial charge is 0.370 e. The van der Waals surface area contributed by atoms with Crippen molar-refractivity contribution in [1.82, 2.24) is 10.2 Å². The van der Waals surface area contributed by atoms with Gasteiger partial charge in [-0.3, -0.25) is 4.79 Å². The van der Waals surface area contributed by atoms with Crippen molar-refractivity contribution < 1.29 is 4.79 Å². The van der Waals surface area contributed by atoms with Crippen molar-refractivity contribution in [3.8, 4) is 0 Å². The quantitative estimate of drug-likeness (QED) is 0.537. The average molecular weight is 157 g/mol. The number of nitrogens with zero attached hydrogens (tertiary/aromatic N) is 1. The van der Waals surface area contributed by atoms with Crippen LogP contribution in [0.15, 0.2) is 0 Å². The molecule has 0 unspecified atom stereocenters. The van der Waals surface area contributed by atoms with Gasteiger partial charge in [0.25, 0.3) is 0 Å². The van der Waals surface area contributed by atoms with Crippen LogP contribution >= 0.6 is 0 Å². The van der Waals surface area contributed by atoms with Crippen LogP contribution in [-0.2, 0) is 4.79 Å². The van der Waals surface area contributed by atoms with E-state index in [9.17, 15) is 4.79 Å². The van der Waals surface area contributed by atoms with Crippen molar-refractivity contribution in [1.29, 1.82) is 0 Å². The summed E-state index contributed by atoms with van der Waals surface area (Å²) < 4.78 is 0. The Morgan fingerprint density at radius 2 is 2.36 bits per heavy atom. The van der Waals surface area contributed by atoms with E-state index in [2.05, 4.69) is 17.3 Å². The number of carbonyl (C=O) groups is 1. The van der Waals surface area contributed by atoms with Gasteiger partial charge in [0, 0.05) is 32.1 Å². The average Bonchev–Trinajstić information content (AvgIpc) is 1.83. The Balaban J connectivity index is 1.92. The molecule has 1 rings (SSSR count). The van der Waals surface area contributed by atoms with Gasteiger partial charge in [-0.2, -0.15) is 0 Å². The van der Waals surface area contributed by atoms with Gasteiger partial charge in [0.2, 0.25) is 5.91 Å². The first kappa shape index (κ1) is 8.49. The Morgan fingerprint density at radius 3 is 2.82 bits per heavy atom. The SMILES string of the molecule is CN1CC(NCCC(N)=O)C1. The first-order valence-electron chi connectivity index (χ1n) is 3.88. The lowest BCUT2D eigenvalue weighted by Gasteiger charge is -2.36. The Labute approximate surface area is 66.7 Å². The van der Waals surface area contributed by atoms with Crippen LogP contribution in [0.4, 0.5) is 0 Å². The van der Waals surface area contributed by atoms with Gasteiger partial charge < -0.3 is 16.0 Å². The number of rotatable bonds is 4. The lowest BCUT2D eigenvalue weighted by molar-refractivity contribution is -0.117. The Bertz CT molecular complexity index is 143. The maximum absolute atomic E-state index is 10.3. The summed E-state index contributed by atoms with van der Waals surface area (Å²) in [7, 11) is 2.08. The standard InChI is InChI=1S/C7H15N3O/c1-10-4-6(5-10)9-3-2-7(8)11/h6,9H,2-5H2,1H3,(H2,8,11). The Morgan fingerprint density at radius 1 is 1.73 bits per heavy atom. The van der Waals surface area contributed by atoms with Crippen molar-refractivity contribution in [3.05, 3.63) is 0 Å². The molecule has 1 fully saturated rings. The summed E-state index contributed by atoms with van der Waals surface area (Å²) in [6.07, 6.45) is 0.445. The highest BCUT2D eigenvalue weighted by molar-refractivity contribution is 5.73. The van der Waals surface area contributed by atoms with Crippen LogP contribution in [0.2, 0.25) is 0 Å². The molecule has 1 saturated heterocycles.